The first-order chi connectivity index (χ1) is 16.4. The molecule has 0 saturated heterocycles. The van der Waals surface area contributed by atoms with Crippen LogP contribution >= 0.6 is 12.2 Å². The summed E-state index contributed by atoms with van der Waals surface area (Å²) < 4.78 is 10.8. The van der Waals surface area contributed by atoms with Crippen LogP contribution in [0.5, 0.6) is 11.5 Å². The van der Waals surface area contributed by atoms with Crippen LogP contribution in [0.25, 0.3) is 0 Å². The first-order valence-electron chi connectivity index (χ1n) is 11.0. The quantitative estimate of drug-likeness (QED) is 0.460. The predicted molar refractivity (Wildman–Crippen MR) is 136 cm³/mol. The van der Waals surface area contributed by atoms with Crippen LogP contribution in [-0.2, 0) is 19.5 Å². The van der Waals surface area contributed by atoms with E-state index in [1.165, 1.54) is 5.56 Å². The Morgan fingerprint density at radius 1 is 0.971 bits per heavy atom. The maximum absolute atomic E-state index is 11.1. The van der Waals surface area contributed by atoms with E-state index >= 15 is 0 Å². The lowest BCUT2D eigenvalue weighted by Gasteiger charge is -2.28. The molecule has 3 aromatic carbocycles. The molecule has 7 heteroatoms. The van der Waals surface area contributed by atoms with Crippen LogP contribution in [0.4, 0.5) is 5.69 Å². The van der Waals surface area contributed by atoms with E-state index in [-0.39, 0.29) is 5.56 Å². The van der Waals surface area contributed by atoms with E-state index < -0.39 is 5.97 Å². The van der Waals surface area contributed by atoms with Crippen molar-refractivity contribution in [3.63, 3.8) is 0 Å². The first kappa shape index (κ1) is 25.1. The van der Waals surface area contributed by atoms with Crippen molar-refractivity contribution in [2.45, 2.75) is 33.4 Å². The number of methoxy groups -OCH3 is 2. The molecule has 0 aliphatic heterocycles. The van der Waals surface area contributed by atoms with Gasteiger partial charge in [-0.3, -0.25) is 0 Å². The highest BCUT2D eigenvalue weighted by atomic mass is 32.1. The molecule has 1 N–H and O–H groups in total. The molecule has 178 valence electrons. The third-order valence-electron chi connectivity index (χ3n) is 5.64. The third-order valence-corrected chi connectivity index (χ3v) is 6.00. The molecule has 0 amide bonds. The fraction of sp³-hybridized carbons (Fsp3) is 0.259. The van der Waals surface area contributed by atoms with Crippen molar-refractivity contribution in [1.29, 1.82) is 0 Å². The number of aryl methyl sites for hydroxylation is 2. The lowest BCUT2D eigenvalue weighted by molar-refractivity contribution is -0.255. The molecule has 0 fully saturated rings. The molecule has 34 heavy (non-hydrogen) atoms. The number of anilines is 1. The molecule has 3 aromatic rings. The van der Waals surface area contributed by atoms with Gasteiger partial charge >= 0.3 is 0 Å². The van der Waals surface area contributed by atoms with Gasteiger partial charge in [0.15, 0.2) is 16.6 Å². The van der Waals surface area contributed by atoms with E-state index in [0.29, 0.717) is 29.7 Å². The highest BCUT2D eigenvalue weighted by Gasteiger charge is 2.16. The van der Waals surface area contributed by atoms with Gasteiger partial charge in [0, 0.05) is 18.8 Å². The number of benzene rings is 3. The number of rotatable bonds is 9. The predicted octanol–water partition coefficient (Wildman–Crippen LogP) is 4.34. The van der Waals surface area contributed by atoms with E-state index in [4.69, 9.17) is 21.7 Å². The largest absolute Gasteiger partial charge is 0.545 e. The van der Waals surface area contributed by atoms with Gasteiger partial charge in [0.1, 0.15) is 0 Å². The minimum Gasteiger partial charge on any atom is -0.545 e. The zero-order valence-corrected chi connectivity index (χ0v) is 20.7. The molecular formula is C27H29N2O4S-. The molecule has 6 nitrogen and oxygen atoms in total. The second-order valence-electron chi connectivity index (χ2n) is 7.92. The van der Waals surface area contributed by atoms with Crippen molar-refractivity contribution >= 4 is 29.0 Å². The number of carbonyl (C=O) groups excluding carboxylic acids is 1. The SMILES string of the molecule is CCc1cccc(C)c1NC(=S)N(Cc1ccc(C(=O)[O-])cc1)Cc1ccc(OC)c(OC)c1. The molecule has 0 aromatic heterocycles. The first-order valence-corrected chi connectivity index (χ1v) is 11.4. The van der Waals surface area contributed by atoms with Crippen molar-refractivity contribution in [2.24, 2.45) is 0 Å². The van der Waals surface area contributed by atoms with Crippen molar-refractivity contribution in [2.75, 3.05) is 19.5 Å². The number of thiocarbonyl (C=S) groups is 1. The highest BCUT2D eigenvalue weighted by Crippen LogP contribution is 2.29. The highest BCUT2D eigenvalue weighted by molar-refractivity contribution is 7.80. The minimum atomic E-state index is -1.20. The number of carbonyl (C=O) groups is 1. The Balaban J connectivity index is 1.91. The zero-order chi connectivity index (χ0) is 24.7. The van der Waals surface area contributed by atoms with E-state index in [1.807, 2.05) is 29.2 Å². The normalized spacial score (nSPS) is 10.5. The molecule has 0 aliphatic rings. The van der Waals surface area contributed by atoms with Crippen LogP contribution in [-0.4, -0.2) is 30.2 Å². The number of para-hydroxylation sites is 1. The lowest BCUT2D eigenvalue weighted by Crippen LogP contribution is -2.34. The number of aromatic carboxylic acids is 1. The number of nitrogens with one attached hydrogen (secondary N) is 1. The lowest BCUT2D eigenvalue weighted by atomic mass is 10.1. The Bertz CT molecular complexity index is 1160. The van der Waals surface area contributed by atoms with Gasteiger partial charge in [-0.1, -0.05) is 55.5 Å². The summed E-state index contributed by atoms with van der Waals surface area (Å²) in [4.78, 5) is 13.2. The zero-order valence-electron chi connectivity index (χ0n) is 19.9. The standard InChI is InChI=1S/C27H30N2O4S/c1-5-21-8-6-7-18(2)25(21)28-27(34)29(16-19-9-12-22(13-10-19)26(30)31)17-20-11-14-23(32-3)24(15-20)33-4/h6-15H,5,16-17H2,1-4H3,(H,28,34)(H,30,31)/p-1. The van der Waals surface area contributed by atoms with Crippen molar-refractivity contribution in [3.8, 4) is 11.5 Å². The molecule has 0 saturated carbocycles. The van der Waals surface area contributed by atoms with E-state index in [0.717, 1.165) is 28.8 Å². The molecule has 0 radical (unpaired) electrons. The summed E-state index contributed by atoms with van der Waals surface area (Å²) in [7, 11) is 3.21. The maximum Gasteiger partial charge on any atom is 0.174 e. The Morgan fingerprint density at radius 2 is 1.62 bits per heavy atom. The van der Waals surface area contributed by atoms with Gasteiger partial charge < -0.3 is 29.6 Å². The summed E-state index contributed by atoms with van der Waals surface area (Å²) in [6.07, 6.45) is 0.882. The smallest absolute Gasteiger partial charge is 0.174 e. The second-order valence-corrected chi connectivity index (χ2v) is 8.31. The topological polar surface area (TPSA) is 73.9 Å². The Hall–Kier alpha value is -3.58. The van der Waals surface area contributed by atoms with Crippen LogP contribution < -0.4 is 19.9 Å². The molecular weight excluding hydrogens is 448 g/mol. The van der Waals surface area contributed by atoms with Crippen molar-refractivity contribution in [3.05, 3.63) is 88.5 Å². The molecule has 0 unspecified atom stereocenters. The number of nitrogens with zero attached hydrogens (tertiary/aromatic N) is 1. The molecule has 3 rings (SSSR count). The third kappa shape index (κ3) is 6.05. The summed E-state index contributed by atoms with van der Waals surface area (Å²) in [5, 5.41) is 15.1. The fourth-order valence-electron chi connectivity index (χ4n) is 3.75. The van der Waals surface area contributed by atoms with E-state index in [9.17, 15) is 9.90 Å². The van der Waals surface area contributed by atoms with Crippen LogP contribution in [0.1, 0.15) is 39.5 Å². The van der Waals surface area contributed by atoms with Crippen LogP contribution in [0.3, 0.4) is 0 Å². The number of carboxylic acid groups (broad SMARTS) is 1. The number of hydrogen-bond donors (Lipinski definition) is 1. The molecule has 0 spiro atoms. The van der Waals surface area contributed by atoms with Gasteiger partial charge in [0.05, 0.1) is 20.2 Å². The number of hydrogen-bond acceptors (Lipinski definition) is 5. The fourth-order valence-corrected chi connectivity index (χ4v) is 3.98. The Kier molecular flexibility index (Phi) is 8.49. The summed E-state index contributed by atoms with van der Waals surface area (Å²) in [6, 6.07) is 18.6. The summed E-state index contributed by atoms with van der Waals surface area (Å²) in [5.41, 5.74) is 5.38. The molecule has 0 atom stereocenters. The van der Waals surface area contributed by atoms with Crippen LogP contribution in [0.15, 0.2) is 60.7 Å². The number of carboxylic acids is 1. The maximum atomic E-state index is 11.1. The minimum absolute atomic E-state index is 0.142. The van der Waals surface area contributed by atoms with Crippen molar-refractivity contribution in [1.82, 2.24) is 4.90 Å². The Labute approximate surface area is 206 Å². The van der Waals surface area contributed by atoms with Crippen molar-refractivity contribution < 1.29 is 19.4 Å². The average molecular weight is 478 g/mol. The van der Waals surface area contributed by atoms with Gasteiger partial charge in [0.2, 0.25) is 0 Å². The summed E-state index contributed by atoms with van der Waals surface area (Å²) >= 11 is 5.85. The molecule has 0 aliphatic carbocycles. The Morgan fingerprint density at radius 3 is 2.24 bits per heavy atom. The average Bonchev–Trinajstić information content (AvgIpc) is 2.84. The van der Waals surface area contributed by atoms with Crippen LogP contribution in [0, 0.1) is 6.92 Å². The van der Waals surface area contributed by atoms with Gasteiger partial charge in [-0.15, -0.1) is 0 Å². The van der Waals surface area contributed by atoms with Gasteiger partial charge in [-0.2, -0.15) is 0 Å². The van der Waals surface area contributed by atoms with E-state index in [2.05, 4.69) is 31.3 Å². The summed E-state index contributed by atoms with van der Waals surface area (Å²) in [5.74, 6) is 0.103. The molecule has 0 bridgehead atoms. The molecule has 0 heterocycles. The van der Waals surface area contributed by atoms with E-state index in [1.54, 1.807) is 38.5 Å². The summed E-state index contributed by atoms with van der Waals surface area (Å²) in [6.45, 7) is 5.17. The second kappa shape index (κ2) is 11.5. The van der Waals surface area contributed by atoms with Gasteiger partial charge in [-0.25, -0.2) is 0 Å². The number of ether oxygens (including phenoxy) is 2. The monoisotopic (exact) mass is 477 g/mol. The van der Waals surface area contributed by atoms with Gasteiger partial charge in [0.25, 0.3) is 0 Å². The van der Waals surface area contributed by atoms with Gasteiger partial charge in [-0.05, 0) is 65.5 Å². The van der Waals surface area contributed by atoms with Crippen LogP contribution in [0.2, 0.25) is 0 Å².